The van der Waals surface area contributed by atoms with Gasteiger partial charge in [-0.25, -0.2) is 0 Å². The summed E-state index contributed by atoms with van der Waals surface area (Å²) in [6.45, 7) is 5.11. The van der Waals surface area contributed by atoms with E-state index in [-0.39, 0.29) is 12.6 Å². The van der Waals surface area contributed by atoms with Crippen LogP contribution in [-0.4, -0.2) is 17.7 Å². The van der Waals surface area contributed by atoms with Crippen molar-refractivity contribution in [1.29, 1.82) is 0 Å². The molecule has 0 aromatic heterocycles. The number of benzene rings is 1. The third-order valence-corrected chi connectivity index (χ3v) is 2.94. The first-order valence-corrected chi connectivity index (χ1v) is 6.03. The predicted octanol–water partition coefficient (Wildman–Crippen LogP) is 2.85. The van der Waals surface area contributed by atoms with Crippen molar-refractivity contribution in [2.75, 3.05) is 6.61 Å². The van der Waals surface area contributed by atoms with Gasteiger partial charge in [-0.05, 0) is 38.5 Å². The van der Waals surface area contributed by atoms with Crippen LogP contribution in [0.4, 0.5) is 0 Å². The lowest BCUT2D eigenvalue weighted by Gasteiger charge is -2.20. The average Bonchev–Trinajstić information content (AvgIpc) is 2.26. The minimum Gasteiger partial charge on any atom is -0.491 e. The molecule has 0 heterocycles. The maximum absolute atomic E-state index is 10.9. The van der Waals surface area contributed by atoms with E-state index in [0.29, 0.717) is 10.8 Å². The Balaban J connectivity index is 2.78. The van der Waals surface area contributed by atoms with Crippen molar-refractivity contribution in [3.63, 3.8) is 0 Å². The fourth-order valence-corrected chi connectivity index (χ4v) is 1.48. The predicted molar refractivity (Wildman–Crippen MR) is 71.0 cm³/mol. The van der Waals surface area contributed by atoms with E-state index in [1.54, 1.807) is 26.0 Å². The Bertz CT molecular complexity index is 444. The SMILES string of the molecule is CC(N)c1ccc(OCC(C)(C)C(=O)O)c(Cl)c1. The zero-order valence-corrected chi connectivity index (χ0v) is 11.5. The molecular formula is C13H18ClNO3. The Morgan fingerprint density at radius 2 is 2.17 bits per heavy atom. The molecule has 0 aliphatic rings. The van der Waals surface area contributed by atoms with Crippen molar-refractivity contribution < 1.29 is 14.6 Å². The van der Waals surface area contributed by atoms with Crippen LogP contribution in [0.3, 0.4) is 0 Å². The molecule has 0 spiro atoms. The number of hydrogen-bond donors (Lipinski definition) is 2. The summed E-state index contributed by atoms with van der Waals surface area (Å²) in [6.07, 6.45) is 0. The molecule has 0 saturated carbocycles. The average molecular weight is 272 g/mol. The highest BCUT2D eigenvalue weighted by Crippen LogP contribution is 2.29. The largest absolute Gasteiger partial charge is 0.491 e. The summed E-state index contributed by atoms with van der Waals surface area (Å²) in [5.41, 5.74) is 5.69. The highest BCUT2D eigenvalue weighted by Gasteiger charge is 2.28. The van der Waals surface area contributed by atoms with E-state index in [2.05, 4.69) is 0 Å². The van der Waals surface area contributed by atoms with Crippen LogP contribution in [0.25, 0.3) is 0 Å². The highest BCUT2D eigenvalue weighted by molar-refractivity contribution is 6.32. The Morgan fingerprint density at radius 3 is 2.61 bits per heavy atom. The number of rotatable bonds is 5. The molecule has 0 aliphatic carbocycles. The normalized spacial score (nSPS) is 13.2. The van der Waals surface area contributed by atoms with Crippen LogP contribution in [0, 0.1) is 5.41 Å². The number of halogens is 1. The van der Waals surface area contributed by atoms with Crippen molar-refractivity contribution in [1.82, 2.24) is 0 Å². The van der Waals surface area contributed by atoms with Gasteiger partial charge in [-0.15, -0.1) is 0 Å². The quantitative estimate of drug-likeness (QED) is 0.864. The first-order valence-electron chi connectivity index (χ1n) is 5.65. The van der Waals surface area contributed by atoms with Crippen LogP contribution in [0.5, 0.6) is 5.75 Å². The number of aliphatic carboxylic acids is 1. The van der Waals surface area contributed by atoms with Crippen molar-refractivity contribution in [3.05, 3.63) is 28.8 Å². The lowest BCUT2D eigenvalue weighted by molar-refractivity contribution is -0.148. The van der Waals surface area contributed by atoms with E-state index < -0.39 is 11.4 Å². The zero-order chi connectivity index (χ0) is 13.9. The van der Waals surface area contributed by atoms with Gasteiger partial charge in [0.25, 0.3) is 0 Å². The minimum absolute atomic E-state index is 0.0551. The summed E-state index contributed by atoms with van der Waals surface area (Å²) in [7, 11) is 0. The smallest absolute Gasteiger partial charge is 0.312 e. The maximum atomic E-state index is 10.9. The molecule has 18 heavy (non-hydrogen) atoms. The summed E-state index contributed by atoms with van der Waals surface area (Å²) in [6, 6.07) is 5.15. The van der Waals surface area contributed by atoms with E-state index in [9.17, 15) is 4.79 Å². The molecule has 4 nitrogen and oxygen atoms in total. The molecule has 0 amide bonds. The molecule has 1 atom stereocenters. The summed E-state index contributed by atoms with van der Waals surface area (Å²) in [5.74, 6) is -0.443. The van der Waals surface area contributed by atoms with Crippen LogP contribution in [0.2, 0.25) is 5.02 Å². The van der Waals surface area contributed by atoms with Crippen LogP contribution >= 0.6 is 11.6 Å². The molecule has 0 aliphatic heterocycles. The molecule has 1 unspecified atom stereocenters. The Hall–Kier alpha value is -1.26. The second-order valence-electron chi connectivity index (χ2n) is 4.96. The van der Waals surface area contributed by atoms with Gasteiger partial charge >= 0.3 is 5.97 Å². The van der Waals surface area contributed by atoms with E-state index in [1.807, 2.05) is 13.0 Å². The van der Waals surface area contributed by atoms with Gasteiger partial charge in [-0.3, -0.25) is 4.79 Å². The van der Waals surface area contributed by atoms with Crippen LogP contribution in [0.1, 0.15) is 32.4 Å². The number of carboxylic acids is 1. The molecule has 0 bridgehead atoms. The van der Waals surface area contributed by atoms with Gasteiger partial charge in [0.05, 0.1) is 10.4 Å². The zero-order valence-electron chi connectivity index (χ0n) is 10.7. The second-order valence-corrected chi connectivity index (χ2v) is 5.36. The monoisotopic (exact) mass is 271 g/mol. The number of carboxylic acid groups (broad SMARTS) is 1. The fourth-order valence-electron chi connectivity index (χ4n) is 1.24. The van der Waals surface area contributed by atoms with Gasteiger partial charge in [0.1, 0.15) is 12.4 Å². The number of carbonyl (C=O) groups is 1. The van der Waals surface area contributed by atoms with Crippen LogP contribution in [0.15, 0.2) is 18.2 Å². The van der Waals surface area contributed by atoms with Gasteiger partial charge < -0.3 is 15.6 Å². The van der Waals surface area contributed by atoms with Gasteiger partial charge in [0, 0.05) is 6.04 Å². The number of nitrogens with two attached hydrogens (primary N) is 1. The fraction of sp³-hybridized carbons (Fsp3) is 0.462. The summed E-state index contributed by atoms with van der Waals surface area (Å²) in [4.78, 5) is 10.9. The Labute approximate surface area is 112 Å². The lowest BCUT2D eigenvalue weighted by Crippen LogP contribution is -2.30. The van der Waals surface area contributed by atoms with E-state index in [4.69, 9.17) is 27.2 Å². The topological polar surface area (TPSA) is 72.5 Å². The number of hydrogen-bond acceptors (Lipinski definition) is 3. The minimum atomic E-state index is -0.955. The lowest BCUT2D eigenvalue weighted by atomic mass is 9.95. The highest BCUT2D eigenvalue weighted by atomic mass is 35.5. The van der Waals surface area contributed by atoms with E-state index in [0.717, 1.165) is 5.56 Å². The molecule has 0 fully saturated rings. The van der Waals surface area contributed by atoms with Gasteiger partial charge in [-0.2, -0.15) is 0 Å². The summed E-state index contributed by atoms with van der Waals surface area (Å²) < 4.78 is 5.44. The van der Waals surface area contributed by atoms with Crippen molar-refractivity contribution in [2.45, 2.75) is 26.8 Å². The summed E-state index contributed by atoms with van der Waals surface area (Å²) in [5, 5.41) is 9.41. The third kappa shape index (κ3) is 3.62. The van der Waals surface area contributed by atoms with Crippen molar-refractivity contribution >= 4 is 17.6 Å². The second kappa shape index (κ2) is 5.59. The maximum Gasteiger partial charge on any atom is 0.312 e. The first kappa shape index (κ1) is 14.8. The summed E-state index contributed by atoms with van der Waals surface area (Å²) >= 11 is 6.05. The number of ether oxygens (including phenoxy) is 1. The van der Waals surface area contributed by atoms with Gasteiger partial charge in [0.15, 0.2) is 0 Å². The van der Waals surface area contributed by atoms with Crippen LogP contribution in [-0.2, 0) is 4.79 Å². The molecule has 1 rings (SSSR count). The molecular weight excluding hydrogens is 254 g/mol. The van der Waals surface area contributed by atoms with E-state index in [1.165, 1.54) is 0 Å². The molecule has 1 aromatic rings. The molecule has 0 radical (unpaired) electrons. The van der Waals surface area contributed by atoms with Crippen LogP contribution < -0.4 is 10.5 Å². The molecule has 100 valence electrons. The molecule has 1 aromatic carbocycles. The first-order chi connectivity index (χ1) is 8.24. The third-order valence-electron chi connectivity index (χ3n) is 2.65. The Morgan fingerprint density at radius 1 is 1.56 bits per heavy atom. The standard InChI is InChI=1S/C13H18ClNO3/c1-8(15)9-4-5-11(10(14)6-9)18-7-13(2,3)12(16)17/h4-6,8H,7,15H2,1-3H3,(H,16,17). The van der Waals surface area contributed by atoms with Crippen molar-refractivity contribution in [2.24, 2.45) is 11.1 Å². The molecule has 5 heteroatoms. The molecule has 0 saturated heterocycles. The Kier molecular flexibility index (Phi) is 4.59. The van der Waals surface area contributed by atoms with Gasteiger partial charge in [0.2, 0.25) is 0 Å². The van der Waals surface area contributed by atoms with Crippen molar-refractivity contribution in [3.8, 4) is 5.75 Å². The van der Waals surface area contributed by atoms with E-state index >= 15 is 0 Å². The van der Waals surface area contributed by atoms with Gasteiger partial charge in [-0.1, -0.05) is 17.7 Å². The molecule has 3 N–H and O–H groups in total.